The molecule has 0 radical (unpaired) electrons. The summed E-state index contributed by atoms with van der Waals surface area (Å²) in [6, 6.07) is 0. The van der Waals surface area contributed by atoms with Gasteiger partial charge in [0.25, 0.3) is 0 Å². The molecule has 0 aliphatic rings. The largest absolute Gasteiger partial charge is 0.355 e. The van der Waals surface area contributed by atoms with Crippen LogP contribution in [0.4, 0.5) is 0 Å². The van der Waals surface area contributed by atoms with Crippen LogP contribution in [0.3, 0.4) is 0 Å². The SMILES string of the molecule is O=C(Cc1nc(CCl)cs1)NCCc1ncno1. The molecular weight excluding hydrogens is 276 g/mol. The summed E-state index contributed by atoms with van der Waals surface area (Å²) in [5, 5.41) is 8.86. The van der Waals surface area contributed by atoms with Crippen molar-refractivity contribution in [3.8, 4) is 0 Å². The maximum atomic E-state index is 11.6. The molecule has 0 fully saturated rings. The Bertz CT molecular complexity index is 500. The number of nitrogens with one attached hydrogen (secondary N) is 1. The maximum absolute atomic E-state index is 11.6. The fourth-order valence-corrected chi connectivity index (χ4v) is 2.33. The molecule has 2 heterocycles. The van der Waals surface area contributed by atoms with E-state index in [9.17, 15) is 4.79 Å². The molecule has 96 valence electrons. The second-order valence-electron chi connectivity index (χ2n) is 3.48. The van der Waals surface area contributed by atoms with Crippen LogP contribution in [0, 0.1) is 0 Å². The highest BCUT2D eigenvalue weighted by Crippen LogP contribution is 2.11. The highest BCUT2D eigenvalue weighted by atomic mass is 35.5. The van der Waals surface area contributed by atoms with Gasteiger partial charge in [-0.1, -0.05) is 5.16 Å². The minimum absolute atomic E-state index is 0.0787. The lowest BCUT2D eigenvalue weighted by Crippen LogP contribution is -2.27. The van der Waals surface area contributed by atoms with Gasteiger partial charge in [0.2, 0.25) is 11.8 Å². The molecule has 2 rings (SSSR count). The van der Waals surface area contributed by atoms with Crippen LogP contribution in [0.25, 0.3) is 0 Å². The number of nitrogens with zero attached hydrogens (tertiary/aromatic N) is 3. The van der Waals surface area contributed by atoms with E-state index < -0.39 is 0 Å². The third-order valence-electron chi connectivity index (χ3n) is 2.12. The van der Waals surface area contributed by atoms with E-state index in [0.29, 0.717) is 24.7 Å². The first kappa shape index (κ1) is 13.0. The minimum atomic E-state index is -0.0787. The highest BCUT2D eigenvalue weighted by molar-refractivity contribution is 7.09. The van der Waals surface area contributed by atoms with Crippen molar-refractivity contribution < 1.29 is 9.32 Å². The molecule has 2 aromatic rings. The monoisotopic (exact) mass is 286 g/mol. The van der Waals surface area contributed by atoms with Gasteiger partial charge in [0.05, 0.1) is 18.0 Å². The van der Waals surface area contributed by atoms with E-state index in [0.717, 1.165) is 10.7 Å². The van der Waals surface area contributed by atoms with E-state index >= 15 is 0 Å². The Morgan fingerprint density at radius 3 is 3.11 bits per heavy atom. The minimum Gasteiger partial charge on any atom is -0.355 e. The summed E-state index contributed by atoms with van der Waals surface area (Å²) in [6.45, 7) is 0.467. The zero-order valence-corrected chi connectivity index (χ0v) is 11.0. The predicted octanol–water partition coefficient (Wildman–Crippen LogP) is 1.17. The first-order chi connectivity index (χ1) is 8.78. The number of halogens is 1. The summed E-state index contributed by atoms with van der Waals surface area (Å²) in [4.78, 5) is 19.7. The van der Waals surface area contributed by atoms with Gasteiger partial charge in [-0.2, -0.15) is 4.98 Å². The van der Waals surface area contributed by atoms with E-state index in [4.69, 9.17) is 16.1 Å². The molecule has 0 aliphatic heterocycles. The molecule has 0 unspecified atom stereocenters. The molecule has 8 heteroatoms. The summed E-state index contributed by atoms with van der Waals surface area (Å²) in [5.41, 5.74) is 0.801. The fourth-order valence-electron chi connectivity index (χ4n) is 1.31. The van der Waals surface area contributed by atoms with Crippen LogP contribution in [0.15, 0.2) is 16.2 Å². The molecule has 0 aromatic carbocycles. The third-order valence-corrected chi connectivity index (χ3v) is 3.29. The molecule has 1 amide bonds. The number of rotatable bonds is 6. The zero-order chi connectivity index (χ0) is 12.8. The summed E-state index contributed by atoms with van der Waals surface area (Å²) in [7, 11) is 0. The van der Waals surface area contributed by atoms with E-state index in [1.165, 1.54) is 17.7 Å². The van der Waals surface area contributed by atoms with Crippen molar-refractivity contribution in [2.75, 3.05) is 6.54 Å². The average molecular weight is 287 g/mol. The van der Waals surface area contributed by atoms with Crippen molar-refractivity contribution in [2.24, 2.45) is 0 Å². The van der Waals surface area contributed by atoms with Crippen molar-refractivity contribution in [2.45, 2.75) is 18.7 Å². The summed E-state index contributed by atoms with van der Waals surface area (Å²) >= 11 is 7.07. The van der Waals surface area contributed by atoms with Crippen LogP contribution in [0.1, 0.15) is 16.6 Å². The van der Waals surface area contributed by atoms with Crippen LogP contribution in [-0.4, -0.2) is 27.6 Å². The van der Waals surface area contributed by atoms with Gasteiger partial charge in [-0.05, 0) is 0 Å². The Kier molecular flexibility index (Phi) is 4.66. The van der Waals surface area contributed by atoms with E-state index in [1.54, 1.807) is 0 Å². The van der Waals surface area contributed by atoms with Gasteiger partial charge in [-0.15, -0.1) is 22.9 Å². The Balaban J connectivity index is 1.71. The first-order valence-corrected chi connectivity index (χ1v) is 6.71. The smallest absolute Gasteiger partial charge is 0.228 e. The van der Waals surface area contributed by atoms with Crippen LogP contribution in [-0.2, 0) is 23.5 Å². The Morgan fingerprint density at radius 2 is 2.44 bits per heavy atom. The molecule has 0 aliphatic carbocycles. The number of aromatic nitrogens is 3. The lowest BCUT2D eigenvalue weighted by Gasteiger charge is -2.01. The van der Waals surface area contributed by atoms with Gasteiger partial charge >= 0.3 is 0 Å². The number of hydrogen-bond acceptors (Lipinski definition) is 6. The third kappa shape index (κ3) is 3.78. The predicted molar refractivity (Wildman–Crippen MR) is 66.4 cm³/mol. The molecule has 1 N–H and O–H groups in total. The zero-order valence-electron chi connectivity index (χ0n) is 9.43. The molecule has 6 nitrogen and oxygen atoms in total. The van der Waals surface area contributed by atoms with Gasteiger partial charge in [0, 0.05) is 18.3 Å². The quantitative estimate of drug-likeness (QED) is 0.806. The van der Waals surface area contributed by atoms with Crippen LogP contribution < -0.4 is 5.32 Å². The van der Waals surface area contributed by atoms with Crippen LogP contribution in [0.5, 0.6) is 0 Å². The number of carbonyl (C=O) groups is 1. The molecule has 0 atom stereocenters. The van der Waals surface area contributed by atoms with Gasteiger partial charge in [0.1, 0.15) is 5.01 Å². The number of thiazole rings is 1. The second kappa shape index (κ2) is 6.46. The van der Waals surface area contributed by atoms with Crippen molar-refractivity contribution in [1.82, 2.24) is 20.4 Å². The first-order valence-electron chi connectivity index (χ1n) is 5.29. The number of carbonyl (C=O) groups excluding carboxylic acids is 1. The normalized spacial score (nSPS) is 10.5. The lowest BCUT2D eigenvalue weighted by molar-refractivity contribution is -0.120. The van der Waals surface area contributed by atoms with Gasteiger partial charge in [0.15, 0.2) is 6.33 Å². The topological polar surface area (TPSA) is 80.9 Å². The molecule has 0 saturated carbocycles. The van der Waals surface area contributed by atoms with E-state index in [-0.39, 0.29) is 12.3 Å². The standard InChI is InChI=1S/C10H11ClN4O2S/c11-4-7-5-18-10(15-7)3-8(16)12-2-1-9-13-6-14-17-9/h5-6H,1-4H2,(H,12,16). The molecule has 0 spiro atoms. The Hall–Kier alpha value is -1.47. The van der Waals surface area contributed by atoms with E-state index in [2.05, 4.69) is 20.4 Å². The lowest BCUT2D eigenvalue weighted by atomic mass is 10.3. The molecule has 2 aromatic heterocycles. The van der Waals surface area contributed by atoms with Gasteiger partial charge < -0.3 is 9.84 Å². The maximum Gasteiger partial charge on any atom is 0.228 e. The second-order valence-corrected chi connectivity index (χ2v) is 4.69. The van der Waals surface area contributed by atoms with Crippen LogP contribution >= 0.6 is 22.9 Å². The average Bonchev–Trinajstić information content (AvgIpc) is 3.00. The Morgan fingerprint density at radius 1 is 1.56 bits per heavy atom. The van der Waals surface area contributed by atoms with Crippen LogP contribution in [0.2, 0.25) is 0 Å². The number of alkyl halides is 1. The van der Waals surface area contributed by atoms with Crippen molar-refractivity contribution in [3.63, 3.8) is 0 Å². The molecule has 0 bridgehead atoms. The fraction of sp³-hybridized carbons (Fsp3) is 0.400. The summed E-state index contributed by atoms with van der Waals surface area (Å²) in [5.74, 6) is 0.800. The highest BCUT2D eigenvalue weighted by Gasteiger charge is 2.08. The van der Waals surface area contributed by atoms with Gasteiger partial charge in [-0.25, -0.2) is 4.98 Å². The Labute approximate surface area is 112 Å². The number of amides is 1. The molecule has 18 heavy (non-hydrogen) atoms. The van der Waals surface area contributed by atoms with Crippen molar-refractivity contribution in [3.05, 3.63) is 28.3 Å². The molecule has 0 saturated heterocycles. The van der Waals surface area contributed by atoms with Crippen molar-refractivity contribution >= 4 is 28.8 Å². The summed E-state index contributed by atoms with van der Waals surface area (Å²) in [6.07, 6.45) is 2.13. The van der Waals surface area contributed by atoms with E-state index in [1.807, 2.05) is 5.38 Å². The van der Waals surface area contributed by atoms with Gasteiger partial charge in [-0.3, -0.25) is 4.79 Å². The summed E-state index contributed by atoms with van der Waals surface area (Å²) < 4.78 is 4.81. The van der Waals surface area contributed by atoms with Crippen molar-refractivity contribution in [1.29, 1.82) is 0 Å². The number of hydrogen-bond donors (Lipinski definition) is 1. The molecular formula is C10H11ClN4O2S.